The zero-order valence-corrected chi connectivity index (χ0v) is 29.5. The summed E-state index contributed by atoms with van der Waals surface area (Å²) >= 11 is 1.44. The van der Waals surface area contributed by atoms with Gasteiger partial charge in [0.25, 0.3) is 5.91 Å². The van der Waals surface area contributed by atoms with Crippen LogP contribution in [0.4, 0.5) is 0 Å². The summed E-state index contributed by atoms with van der Waals surface area (Å²) in [6.07, 6.45) is 10.6. The van der Waals surface area contributed by atoms with Gasteiger partial charge in [-0.1, -0.05) is 25.0 Å². The second-order valence-electron chi connectivity index (χ2n) is 14.3. The van der Waals surface area contributed by atoms with Crippen LogP contribution in [0.3, 0.4) is 0 Å². The molecular weight excluding hydrogens is 630 g/mol. The molecule has 2 aromatic rings. The van der Waals surface area contributed by atoms with Gasteiger partial charge in [0.05, 0.1) is 31.3 Å². The van der Waals surface area contributed by atoms with Crippen molar-refractivity contribution in [1.82, 2.24) is 19.9 Å². The predicted octanol–water partition coefficient (Wildman–Crippen LogP) is 4.73. The number of rotatable bonds is 8. The first-order chi connectivity index (χ1) is 22.9. The minimum Gasteiger partial charge on any atom is -0.496 e. The van der Waals surface area contributed by atoms with E-state index in [1.165, 1.54) is 11.9 Å². The van der Waals surface area contributed by atoms with Gasteiger partial charge in [-0.25, -0.2) is 4.98 Å². The van der Waals surface area contributed by atoms with E-state index >= 15 is 0 Å². The molecule has 1 aromatic heterocycles. The van der Waals surface area contributed by atoms with Crippen LogP contribution >= 0.6 is 11.9 Å². The number of nitrogens with two attached hydrogens (primary N) is 1. The number of methoxy groups -OCH3 is 1. The minimum atomic E-state index is -1.05. The Bertz CT molecular complexity index is 1590. The predicted molar refractivity (Wildman–Crippen MR) is 186 cm³/mol. The highest BCUT2D eigenvalue weighted by molar-refractivity contribution is 7.99. The minimum absolute atomic E-state index is 0.0482. The van der Waals surface area contributed by atoms with Crippen LogP contribution in [-0.2, 0) is 14.4 Å². The van der Waals surface area contributed by atoms with Crippen molar-refractivity contribution in [2.24, 2.45) is 11.7 Å². The van der Waals surface area contributed by atoms with Crippen LogP contribution < -0.4 is 30.0 Å². The highest BCUT2D eigenvalue weighted by Crippen LogP contribution is 2.49. The second-order valence-corrected chi connectivity index (χ2v) is 15.7. The molecule has 4 N–H and O–H groups in total. The Kier molecular flexibility index (Phi) is 9.86. The van der Waals surface area contributed by atoms with Gasteiger partial charge in [0, 0.05) is 34.1 Å². The third kappa shape index (κ3) is 7.24. The molecule has 0 bridgehead atoms. The van der Waals surface area contributed by atoms with Crippen LogP contribution in [0, 0.1) is 12.8 Å². The van der Waals surface area contributed by atoms with Crippen molar-refractivity contribution in [3.8, 4) is 17.4 Å². The number of ether oxygens (including phenoxy) is 3. The summed E-state index contributed by atoms with van der Waals surface area (Å²) in [6, 6.07) is 3.95. The molecule has 12 heteroatoms. The molecule has 1 aromatic carbocycles. The quantitative estimate of drug-likeness (QED) is 0.267. The lowest BCUT2D eigenvalue weighted by atomic mass is 10.1. The van der Waals surface area contributed by atoms with Gasteiger partial charge in [0.1, 0.15) is 29.2 Å². The highest BCUT2D eigenvalue weighted by atomic mass is 32.2. The number of aryl methyl sites for hydroxylation is 1. The zero-order chi connectivity index (χ0) is 34.2. The van der Waals surface area contributed by atoms with E-state index in [-0.39, 0.29) is 47.5 Å². The Morgan fingerprint density at radius 1 is 1.19 bits per heavy atom. The monoisotopic (exact) mass is 679 g/mol. The average molecular weight is 680 g/mol. The third-order valence-electron chi connectivity index (χ3n) is 10.0. The Balaban J connectivity index is 1.29. The summed E-state index contributed by atoms with van der Waals surface area (Å²) in [5.41, 5.74) is 6.94. The van der Waals surface area contributed by atoms with Crippen molar-refractivity contribution in [2.45, 2.75) is 120 Å². The smallest absolute Gasteiger partial charge is 0.256 e. The van der Waals surface area contributed by atoms with Crippen LogP contribution in [0.25, 0.3) is 10.9 Å². The number of pyridine rings is 1. The largest absolute Gasteiger partial charge is 0.496 e. The van der Waals surface area contributed by atoms with E-state index in [2.05, 4.69) is 29.1 Å². The first kappa shape index (κ1) is 34.4. The molecule has 3 heterocycles. The standard InChI is InChI=1S/C36H49N5O6S/c1-21(2)46-30-18-29(25-13-14-28(45-5)22(3)31(25)38-30)47-24-17-27-32(42)39-36(34(44)40-48-35(4)15-16-35)19-23(36)11-9-7-6-8-10-12-26(37)33(43)41(27)20-24/h9,11,13-14,18,21,23-24,26-27H,6-8,10,12,15-17,19-20,37H2,1-5H3,(H,39,42)(H,40,44)/b11-9-/t23?,24-,26+,27?,36-/m1/s1. The topological polar surface area (TPSA) is 145 Å². The van der Waals surface area contributed by atoms with E-state index in [1.807, 2.05) is 32.9 Å². The van der Waals surface area contributed by atoms with Gasteiger partial charge < -0.3 is 30.2 Å². The molecule has 6 rings (SSSR count). The van der Waals surface area contributed by atoms with Crippen LogP contribution in [0.2, 0.25) is 0 Å². The summed E-state index contributed by atoms with van der Waals surface area (Å²) in [5, 5.41) is 3.89. The van der Waals surface area contributed by atoms with Crippen LogP contribution in [0.15, 0.2) is 30.4 Å². The fourth-order valence-corrected chi connectivity index (χ4v) is 7.58. The van der Waals surface area contributed by atoms with Gasteiger partial charge in [-0.05, 0) is 90.3 Å². The average Bonchev–Trinajstić information content (AvgIpc) is 3.92. The van der Waals surface area contributed by atoms with E-state index in [1.54, 1.807) is 18.1 Å². The van der Waals surface area contributed by atoms with E-state index in [0.717, 1.165) is 49.5 Å². The Morgan fingerprint density at radius 2 is 1.98 bits per heavy atom. The molecule has 2 aliphatic heterocycles. The van der Waals surface area contributed by atoms with Crippen molar-refractivity contribution >= 4 is 40.6 Å². The lowest BCUT2D eigenvalue weighted by Crippen LogP contribution is -2.56. The number of nitrogens with one attached hydrogen (secondary N) is 2. The second kappa shape index (κ2) is 13.8. The van der Waals surface area contributed by atoms with E-state index in [0.29, 0.717) is 35.7 Å². The number of carbonyl (C=O) groups is 3. The van der Waals surface area contributed by atoms with Crippen LogP contribution in [0.1, 0.15) is 84.1 Å². The van der Waals surface area contributed by atoms with Crippen LogP contribution in [0.5, 0.6) is 17.4 Å². The normalized spacial score (nSPS) is 29.2. The number of benzene rings is 1. The molecule has 260 valence electrons. The molecule has 48 heavy (non-hydrogen) atoms. The van der Waals surface area contributed by atoms with Crippen LogP contribution in [-0.4, -0.2) is 75.8 Å². The van der Waals surface area contributed by atoms with E-state index in [4.69, 9.17) is 24.9 Å². The fraction of sp³-hybridized carbons (Fsp3) is 0.611. The number of hydrogen-bond donors (Lipinski definition) is 3. The summed E-state index contributed by atoms with van der Waals surface area (Å²) in [6.45, 7) is 8.10. The Morgan fingerprint density at radius 3 is 2.71 bits per heavy atom. The summed E-state index contributed by atoms with van der Waals surface area (Å²) in [7, 11) is 1.62. The van der Waals surface area contributed by atoms with Gasteiger partial charge in [-0.2, -0.15) is 0 Å². The van der Waals surface area contributed by atoms with Gasteiger partial charge in [0.15, 0.2) is 0 Å². The number of amides is 3. The Hall–Kier alpha value is -3.51. The molecular formula is C36H49N5O6S. The van der Waals surface area contributed by atoms with Gasteiger partial charge in [-0.15, -0.1) is 0 Å². The number of fused-ring (bicyclic) bond motifs is 3. The van der Waals surface area contributed by atoms with Gasteiger partial charge in [-0.3, -0.25) is 19.1 Å². The van der Waals surface area contributed by atoms with Crippen molar-refractivity contribution in [3.63, 3.8) is 0 Å². The molecule has 0 radical (unpaired) electrons. The lowest BCUT2D eigenvalue weighted by Gasteiger charge is -2.28. The first-order valence-electron chi connectivity index (χ1n) is 17.3. The molecule has 3 fully saturated rings. The number of carbonyl (C=O) groups excluding carboxylic acids is 3. The SMILES string of the molecule is COc1ccc2c(O[C@@H]3CC4C(=O)N[C@]5(C(=O)NSC6(C)CC6)CC5/C=C\CCCCC[C@H](N)C(=O)N4C3)cc(OC(C)C)nc2c1C. The highest BCUT2D eigenvalue weighted by Gasteiger charge is 2.61. The first-order valence-corrected chi connectivity index (χ1v) is 18.1. The maximum atomic E-state index is 14.2. The molecule has 11 nitrogen and oxygen atoms in total. The van der Waals surface area contributed by atoms with Crippen molar-refractivity contribution in [1.29, 1.82) is 0 Å². The zero-order valence-electron chi connectivity index (χ0n) is 28.7. The summed E-state index contributed by atoms with van der Waals surface area (Å²) < 4.78 is 21.3. The van der Waals surface area contributed by atoms with E-state index < -0.39 is 23.7 Å². The number of nitrogens with zero attached hydrogens (tertiary/aromatic N) is 2. The lowest BCUT2D eigenvalue weighted by molar-refractivity contribution is -0.140. The third-order valence-corrected chi connectivity index (χ3v) is 11.2. The number of hydrogen-bond acceptors (Lipinski definition) is 9. The molecule has 2 saturated carbocycles. The van der Waals surface area contributed by atoms with Crippen molar-refractivity contribution in [2.75, 3.05) is 13.7 Å². The van der Waals surface area contributed by atoms with Crippen molar-refractivity contribution in [3.05, 3.63) is 35.9 Å². The molecule has 0 spiro atoms. The maximum Gasteiger partial charge on any atom is 0.256 e. The molecule has 4 aliphatic rings. The summed E-state index contributed by atoms with van der Waals surface area (Å²) in [5.74, 6) is 0.699. The number of aromatic nitrogens is 1. The summed E-state index contributed by atoms with van der Waals surface area (Å²) in [4.78, 5) is 48.0. The molecule has 3 amide bonds. The van der Waals surface area contributed by atoms with E-state index in [9.17, 15) is 14.4 Å². The van der Waals surface area contributed by atoms with Gasteiger partial charge in [0.2, 0.25) is 17.7 Å². The Labute approximate surface area is 287 Å². The maximum absolute atomic E-state index is 14.2. The van der Waals surface area contributed by atoms with Gasteiger partial charge >= 0.3 is 0 Å². The fourth-order valence-electron chi connectivity index (χ4n) is 6.76. The molecule has 2 aliphatic carbocycles. The molecule has 5 atom stereocenters. The number of allylic oxidation sites excluding steroid dienone is 1. The van der Waals surface area contributed by atoms with Crippen molar-refractivity contribution < 1.29 is 28.6 Å². The molecule has 1 saturated heterocycles. The molecule has 2 unspecified atom stereocenters.